The van der Waals surface area contributed by atoms with Crippen LogP contribution in [0, 0.1) is 5.92 Å². The number of benzene rings is 3. The van der Waals surface area contributed by atoms with E-state index in [0.717, 1.165) is 27.2 Å². The molecule has 0 saturated heterocycles. The van der Waals surface area contributed by atoms with E-state index in [-0.39, 0.29) is 13.0 Å². The molecule has 0 saturated carbocycles. The van der Waals surface area contributed by atoms with Gasteiger partial charge in [-0.1, -0.05) is 91.9 Å². The quantitative estimate of drug-likeness (QED) is 0.186. The number of nitrogens with zero attached hydrogens (tertiary/aromatic N) is 1. The molecule has 0 aliphatic rings. The van der Waals surface area contributed by atoms with E-state index in [2.05, 4.69) is 0 Å². The number of carbonyl (C=O) groups is 3. The molecule has 0 heterocycles. The van der Waals surface area contributed by atoms with Crippen molar-refractivity contribution in [1.29, 1.82) is 0 Å². The fraction of sp³-hybridized carbons (Fsp3) is 0.323. The van der Waals surface area contributed by atoms with Crippen molar-refractivity contribution in [2.45, 2.75) is 51.9 Å². The number of hydrogen-bond acceptors (Lipinski definition) is 6. The first-order valence-corrected chi connectivity index (χ1v) is 12.5. The first kappa shape index (κ1) is 28.6. The molecule has 2 atom stereocenters. The first-order chi connectivity index (χ1) is 18.1. The van der Waals surface area contributed by atoms with Gasteiger partial charge in [0, 0.05) is 19.4 Å². The lowest BCUT2D eigenvalue weighted by molar-refractivity contribution is -0.289. The highest BCUT2D eigenvalue weighted by molar-refractivity contribution is 5.89. The number of carbonyl (C=O) groups excluding carboxylic acids is 3. The fourth-order valence-corrected chi connectivity index (χ4v) is 4.14. The second kappa shape index (κ2) is 12.5. The SMILES string of the molecule is CC(C=O)[C@@](Cc1ccc(-c2ccccc2)cc1)(C(=O)OOCc1ccccc1)N(C)C(=O)OC(C)(C)C. The molecule has 7 heteroatoms. The van der Waals surface area contributed by atoms with Crippen LogP contribution in [0.2, 0.25) is 0 Å². The summed E-state index contributed by atoms with van der Waals surface area (Å²) in [6.07, 6.45) is -0.116. The summed E-state index contributed by atoms with van der Waals surface area (Å²) in [6.45, 7) is 6.78. The Hall–Kier alpha value is -3.97. The van der Waals surface area contributed by atoms with Crippen molar-refractivity contribution >= 4 is 18.3 Å². The van der Waals surface area contributed by atoms with Crippen LogP contribution in [-0.2, 0) is 37.1 Å². The van der Waals surface area contributed by atoms with Gasteiger partial charge in [-0.15, -0.1) is 0 Å². The second-order valence-electron chi connectivity index (χ2n) is 10.2. The predicted molar refractivity (Wildman–Crippen MR) is 145 cm³/mol. The molecule has 3 aromatic rings. The van der Waals surface area contributed by atoms with E-state index in [1.165, 1.54) is 7.05 Å². The Morgan fingerprint density at radius 2 is 1.39 bits per heavy atom. The molecule has 38 heavy (non-hydrogen) atoms. The molecule has 1 unspecified atom stereocenters. The Labute approximate surface area is 224 Å². The van der Waals surface area contributed by atoms with Gasteiger partial charge in [0.15, 0.2) is 5.54 Å². The average molecular weight is 518 g/mol. The van der Waals surface area contributed by atoms with Gasteiger partial charge in [-0.25, -0.2) is 9.59 Å². The van der Waals surface area contributed by atoms with Crippen LogP contribution in [0.25, 0.3) is 11.1 Å². The maximum atomic E-state index is 13.7. The van der Waals surface area contributed by atoms with Gasteiger partial charge < -0.3 is 9.53 Å². The Kier molecular flexibility index (Phi) is 9.42. The standard InChI is InChI=1S/C31H35NO6/c1-23(21-33)31(32(5)29(35)37-30(2,3)4,28(34)38-36-22-25-12-8-6-9-13-25)20-24-16-18-27(19-17-24)26-14-10-7-11-15-26/h6-19,21,23H,20,22H2,1-5H3/t23?,31-/m0/s1. The molecular formula is C31H35NO6. The summed E-state index contributed by atoms with van der Waals surface area (Å²) in [6, 6.07) is 26.7. The lowest BCUT2D eigenvalue weighted by Gasteiger charge is -2.41. The third kappa shape index (κ3) is 7.07. The van der Waals surface area contributed by atoms with Gasteiger partial charge in [-0.2, -0.15) is 4.89 Å². The smallest absolute Gasteiger partial charge is 0.411 e. The molecule has 0 bridgehead atoms. The van der Waals surface area contributed by atoms with Crippen LogP contribution in [0.3, 0.4) is 0 Å². The summed E-state index contributed by atoms with van der Waals surface area (Å²) in [5.41, 5.74) is 1.03. The topological polar surface area (TPSA) is 82.1 Å². The third-order valence-electron chi connectivity index (χ3n) is 6.31. The van der Waals surface area contributed by atoms with Crippen LogP contribution >= 0.6 is 0 Å². The predicted octanol–water partition coefficient (Wildman–Crippen LogP) is 6.01. The molecule has 0 fully saturated rings. The van der Waals surface area contributed by atoms with Gasteiger partial charge in [0.05, 0.1) is 0 Å². The monoisotopic (exact) mass is 517 g/mol. The fourth-order valence-electron chi connectivity index (χ4n) is 4.14. The Morgan fingerprint density at radius 1 is 0.842 bits per heavy atom. The molecule has 0 aliphatic heterocycles. The molecule has 3 aromatic carbocycles. The molecule has 1 amide bonds. The van der Waals surface area contributed by atoms with E-state index < -0.39 is 29.1 Å². The van der Waals surface area contributed by atoms with E-state index in [0.29, 0.717) is 6.29 Å². The molecule has 0 aromatic heterocycles. The van der Waals surface area contributed by atoms with Gasteiger partial charge in [0.25, 0.3) is 0 Å². The Bertz CT molecular complexity index is 1200. The number of amides is 1. The minimum Gasteiger partial charge on any atom is -0.444 e. The van der Waals surface area contributed by atoms with Crippen LogP contribution in [0.15, 0.2) is 84.9 Å². The van der Waals surface area contributed by atoms with Crippen molar-refractivity contribution in [2.75, 3.05) is 7.05 Å². The van der Waals surface area contributed by atoms with Gasteiger partial charge >= 0.3 is 12.1 Å². The zero-order chi connectivity index (χ0) is 27.8. The first-order valence-electron chi connectivity index (χ1n) is 12.5. The van der Waals surface area contributed by atoms with Gasteiger partial charge in [-0.3, -0.25) is 9.79 Å². The van der Waals surface area contributed by atoms with E-state index in [1.807, 2.05) is 84.9 Å². The molecule has 3 rings (SSSR count). The van der Waals surface area contributed by atoms with Gasteiger partial charge in [-0.05, 0) is 43.0 Å². The second-order valence-corrected chi connectivity index (χ2v) is 10.2. The van der Waals surface area contributed by atoms with Crippen molar-refractivity contribution in [2.24, 2.45) is 5.92 Å². The van der Waals surface area contributed by atoms with E-state index in [9.17, 15) is 14.4 Å². The Balaban J connectivity index is 1.95. The molecule has 0 radical (unpaired) electrons. The van der Waals surface area contributed by atoms with Crippen molar-refractivity contribution < 1.29 is 28.9 Å². The van der Waals surface area contributed by atoms with Gasteiger partial charge in [0.1, 0.15) is 18.5 Å². The summed E-state index contributed by atoms with van der Waals surface area (Å²) in [4.78, 5) is 50.8. The third-order valence-corrected chi connectivity index (χ3v) is 6.31. The maximum absolute atomic E-state index is 13.7. The van der Waals surface area contributed by atoms with Crippen LogP contribution < -0.4 is 0 Å². The zero-order valence-corrected chi connectivity index (χ0v) is 22.5. The van der Waals surface area contributed by atoms with Crippen LogP contribution in [0.1, 0.15) is 38.8 Å². The summed E-state index contributed by atoms with van der Waals surface area (Å²) >= 11 is 0. The minimum absolute atomic E-state index is 0.00521. The Morgan fingerprint density at radius 3 is 1.95 bits per heavy atom. The highest BCUT2D eigenvalue weighted by Gasteiger charge is 2.52. The molecule has 0 spiro atoms. The van der Waals surface area contributed by atoms with E-state index in [1.54, 1.807) is 27.7 Å². The average Bonchev–Trinajstić information content (AvgIpc) is 2.91. The largest absolute Gasteiger partial charge is 0.444 e. The number of aldehydes is 1. The highest BCUT2D eigenvalue weighted by Crippen LogP contribution is 2.32. The number of ether oxygens (including phenoxy) is 1. The maximum Gasteiger partial charge on any atom is 0.411 e. The lowest BCUT2D eigenvalue weighted by Crippen LogP contribution is -2.62. The number of hydrogen-bond donors (Lipinski definition) is 0. The van der Waals surface area contributed by atoms with Crippen LogP contribution in [0.5, 0.6) is 0 Å². The molecule has 200 valence electrons. The van der Waals surface area contributed by atoms with Crippen LogP contribution in [-0.4, -0.2) is 41.4 Å². The van der Waals surface area contributed by atoms with Crippen LogP contribution in [0.4, 0.5) is 4.79 Å². The highest BCUT2D eigenvalue weighted by atomic mass is 17.2. The van der Waals surface area contributed by atoms with Crippen molar-refractivity contribution in [3.05, 3.63) is 96.1 Å². The molecular weight excluding hydrogens is 482 g/mol. The summed E-state index contributed by atoms with van der Waals surface area (Å²) in [5.74, 6) is -1.81. The number of rotatable bonds is 10. The summed E-state index contributed by atoms with van der Waals surface area (Å²) in [7, 11) is 1.44. The summed E-state index contributed by atoms with van der Waals surface area (Å²) in [5, 5.41) is 0. The zero-order valence-electron chi connectivity index (χ0n) is 22.5. The van der Waals surface area contributed by atoms with E-state index >= 15 is 0 Å². The number of likely N-dealkylation sites (N-methyl/N-ethyl adjacent to an activating group) is 1. The lowest BCUT2D eigenvalue weighted by atomic mass is 9.79. The van der Waals surface area contributed by atoms with Crippen molar-refractivity contribution in [3.8, 4) is 11.1 Å². The minimum atomic E-state index is -1.73. The van der Waals surface area contributed by atoms with E-state index in [4.69, 9.17) is 14.5 Å². The van der Waals surface area contributed by atoms with Gasteiger partial charge in [0.2, 0.25) is 0 Å². The summed E-state index contributed by atoms with van der Waals surface area (Å²) < 4.78 is 5.56. The normalized spacial score (nSPS) is 13.6. The van der Waals surface area contributed by atoms with Crippen molar-refractivity contribution in [1.82, 2.24) is 4.90 Å². The van der Waals surface area contributed by atoms with Crippen molar-refractivity contribution in [3.63, 3.8) is 0 Å². The molecule has 0 aliphatic carbocycles. The molecule has 0 N–H and O–H groups in total. The molecule has 7 nitrogen and oxygen atoms in total.